The summed E-state index contributed by atoms with van der Waals surface area (Å²) >= 11 is 0. The first-order valence-corrected chi connectivity index (χ1v) is 10.8. The molecule has 5 rings (SSSR count). The van der Waals surface area contributed by atoms with Crippen molar-refractivity contribution in [2.24, 2.45) is 0 Å². The van der Waals surface area contributed by atoms with Gasteiger partial charge in [-0.15, -0.1) is 5.10 Å². The second-order valence-electron chi connectivity index (χ2n) is 8.29. The van der Waals surface area contributed by atoms with Crippen LogP contribution in [0, 0.1) is 20.8 Å². The molecule has 2 aromatic carbocycles. The zero-order chi connectivity index (χ0) is 23.1. The first kappa shape index (κ1) is 20.8. The Morgan fingerprint density at radius 1 is 1.09 bits per heavy atom. The standard InChI is InChI=1S/C25H24N6O2/c1-14-5-10-19(15(2)11-14)20-12-22(32)28-24-23(20)16(3)30-31(24)25-27-21(13-26-29-25)17-6-8-18(33-4)9-7-17/h5-11,13,20H,12H2,1-4H3,(H,28,32)/t20-/m1/s1. The quantitative estimate of drug-likeness (QED) is 0.513. The van der Waals surface area contributed by atoms with E-state index in [0.29, 0.717) is 23.9 Å². The average Bonchev–Trinajstić information content (AvgIpc) is 3.15. The fourth-order valence-electron chi connectivity index (χ4n) is 4.46. The van der Waals surface area contributed by atoms with Crippen molar-refractivity contribution in [2.45, 2.75) is 33.1 Å². The van der Waals surface area contributed by atoms with Crippen LogP contribution < -0.4 is 10.1 Å². The molecule has 1 aliphatic heterocycles. The van der Waals surface area contributed by atoms with Gasteiger partial charge in [-0.2, -0.15) is 14.9 Å². The number of aromatic nitrogens is 5. The predicted octanol–water partition coefficient (Wildman–Crippen LogP) is 4.13. The SMILES string of the molecule is COc1ccc(-c2cnnc(-n3nc(C)c4c3NC(=O)C[C@@H]4c3ccc(C)cc3C)n2)cc1. The number of carbonyl (C=O) groups excluding carboxylic acids is 1. The third-order valence-corrected chi connectivity index (χ3v) is 6.03. The minimum absolute atomic E-state index is 0.0621. The Bertz CT molecular complexity index is 1360. The smallest absolute Gasteiger partial charge is 0.272 e. The third-order valence-electron chi connectivity index (χ3n) is 6.03. The van der Waals surface area contributed by atoms with Crippen LogP contribution in [0.25, 0.3) is 17.2 Å². The van der Waals surface area contributed by atoms with Gasteiger partial charge in [0.25, 0.3) is 5.95 Å². The van der Waals surface area contributed by atoms with Crippen LogP contribution in [0.3, 0.4) is 0 Å². The molecule has 166 valence electrons. The second kappa shape index (κ2) is 8.12. The van der Waals surface area contributed by atoms with Gasteiger partial charge >= 0.3 is 0 Å². The molecule has 1 aliphatic rings. The fraction of sp³-hybridized carbons (Fsp3) is 0.240. The molecule has 0 radical (unpaired) electrons. The number of rotatable bonds is 4. The molecule has 1 N–H and O–H groups in total. The lowest BCUT2D eigenvalue weighted by Gasteiger charge is -2.25. The summed E-state index contributed by atoms with van der Waals surface area (Å²) in [6.07, 6.45) is 1.97. The number of carbonyl (C=O) groups is 1. The molecule has 0 saturated carbocycles. The Morgan fingerprint density at radius 2 is 1.88 bits per heavy atom. The first-order valence-electron chi connectivity index (χ1n) is 10.8. The van der Waals surface area contributed by atoms with Gasteiger partial charge in [-0.1, -0.05) is 23.8 Å². The predicted molar refractivity (Wildman–Crippen MR) is 125 cm³/mol. The Kier molecular flexibility index (Phi) is 5.12. The molecule has 1 atom stereocenters. The van der Waals surface area contributed by atoms with Gasteiger partial charge in [0.15, 0.2) is 0 Å². The van der Waals surface area contributed by atoms with Gasteiger partial charge in [-0.05, 0) is 56.2 Å². The van der Waals surface area contributed by atoms with Gasteiger partial charge in [-0.3, -0.25) is 4.79 Å². The largest absolute Gasteiger partial charge is 0.497 e. The summed E-state index contributed by atoms with van der Waals surface area (Å²) in [7, 11) is 1.63. The van der Waals surface area contributed by atoms with Crippen LogP contribution in [0.5, 0.6) is 5.75 Å². The Balaban J connectivity index is 1.60. The van der Waals surface area contributed by atoms with E-state index in [4.69, 9.17) is 9.84 Å². The lowest BCUT2D eigenvalue weighted by atomic mass is 9.83. The lowest BCUT2D eigenvalue weighted by Crippen LogP contribution is -2.25. The number of amides is 1. The summed E-state index contributed by atoms with van der Waals surface area (Å²) in [6, 6.07) is 13.9. The number of fused-ring (bicyclic) bond motifs is 1. The number of anilines is 1. The number of benzene rings is 2. The number of hydrogen-bond acceptors (Lipinski definition) is 6. The molecular weight excluding hydrogens is 416 g/mol. The number of nitrogens with zero attached hydrogens (tertiary/aromatic N) is 5. The van der Waals surface area contributed by atoms with Crippen LogP contribution in [0.15, 0.2) is 48.7 Å². The van der Waals surface area contributed by atoms with E-state index < -0.39 is 0 Å². The zero-order valence-corrected chi connectivity index (χ0v) is 19.0. The highest BCUT2D eigenvalue weighted by molar-refractivity contribution is 5.95. The van der Waals surface area contributed by atoms with Crippen LogP contribution in [0.4, 0.5) is 5.82 Å². The molecule has 4 aromatic rings. The molecule has 2 aromatic heterocycles. The van der Waals surface area contributed by atoms with Gasteiger partial charge in [0, 0.05) is 23.5 Å². The van der Waals surface area contributed by atoms with Crippen LogP contribution in [0.1, 0.15) is 40.3 Å². The van der Waals surface area contributed by atoms with E-state index in [1.165, 1.54) is 5.56 Å². The fourth-order valence-corrected chi connectivity index (χ4v) is 4.46. The molecule has 0 unspecified atom stereocenters. The van der Waals surface area contributed by atoms with E-state index in [2.05, 4.69) is 52.5 Å². The summed E-state index contributed by atoms with van der Waals surface area (Å²) < 4.78 is 6.81. The molecule has 0 saturated heterocycles. The maximum atomic E-state index is 12.7. The van der Waals surface area contributed by atoms with Crippen LogP contribution in [0.2, 0.25) is 0 Å². The van der Waals surface area contributed by atoms with Crippen LogP contribution >= 0.6 is 0 Å². The van der Waals surface area contributed by atoms with Crippen LogP contribution in [-0.2, 0) is 4.79 Å². The second-order valence-corrected chi connectivity index (χ2v) is 8.29. The van der Waals surface area contributed by atoms with Crippen LogP contribution in [-0.4, -0.2) is 38.0 Å². The van der Waals surface area contributed by atoms with Crippen molar-refractivity contribution in [1.82, 2.24) is 25.0 Å². The number of aryl methyl sites for hydroxylation is 3. The van der Waals surface area contributed by atoms with Crippen molar-refractivity contribution >= 4 is 11.7 Å². The van der Waals surface area contributed by atoms with Gasteiger partial charge in [0.2, 0.25) is 5.91 Å². The highest BCUT2D eigenvalue weighted by atomic mass is 16.5. The lowest BCUT2D eigenvalue weighted by molar-refractivity contribution is -0.116. The Labute approximate surface area is 191 Å². The molecule has 0 spiro atoms. The van der Waals surface area contributed by atoms with Gasteiger partial charge in [0.05, 0.1) is 24.7 Å². The van der Waals surface area contributed by atoms with Gasteiger partial charge in [-0.25, -0.2) is 4.98 Å². The zero-order valence-electron chi connectivity index (χ0n) is 19.0. The molecule has 3 heterocycles. The molecule has 8 heteroatoms. The van der Waals surface area contributed by atoms with E-state index in [1.54, 1.807) is 18.0 Å². The summed E-state index contributed by atoms with van der Waals surface area (Å²) in [4.78, 5) is 17.4. The molecule has 0 fully saturated rings. The van der Waals surface area contributed by atoms with E-state index in [-0.39, 0.29) is 11.8 Å². The van der Waals surface area contributed by atoms with E-state index in [9.17, 15) is 4.79 Å². The number of hydrogen-bond donors (Lipinski definition) is 1. The molecule has 0 bridgehead atoms. The number of methoxy groups -OCH3 is 1. The maximum absolute atomic E-state index is 12.7. The monoisotopic (exact) mass is 440 g/mol. The maximum Gasteiger partial charge on any atom is 0.272 e. The highest BCUT2D eigenvalue weighted by Crippen LogP contribution is 2.41. The molecular formula is C25H24N6O2. The van der Waals surface area contributed by atoms with Crippen molar-refractivity contribution in [3.05, 3.63) is 76.6 Å². The van der Waals surface area contributed by atoms with Gasteiger partial charge in [0.1, 0.15) is 11.6 Å². The Hall–Kier alpha value is -4.07. The highest BCUT2D eigenvalue weighted by Gasteiger charge is 2.34. The van der Waals surface area contributed by atoms with E-state index >= 15 is 0 Å². The van der Waals surface area contributed by atoms with Crippen molar-refractivity contribution in [3.8, 4) is 23.0 Å². The minimum Gasteiger partial charge on any atom is -0.497 e. The topological polar surface area (TPSA) is 94.8 Å². The molecule has 1 amide bonds. The minimum atomic E-state index is -0.0826. The third kappa shape index (κ3) is 3.73. The molecule has 0 aliphatic carbocycles. The summed E-state index contributed by atoms with van der Waals surface area (Å²) in [5.74, 6) is 1.52. The number of nitrogens with one attached hydrogen (secondary N) is 1. The summed E-state index contributed by atoms with van der Waals surface area (Å²) in [6.45, 7) is 6.10. The first-order chi connectivity index (χ1) is 15.9. The van der Waals surface area contributed by atoms with E-state index in [0.717, 1.165) is 33.7 Å². The summed E-state index contributed by atoms with van der Waals surface area (Å²) in [5, 5.41) is 16.0. The van der Waals surface area contributed by atoms with Crippen molar-refractivity contribution in [2.75, 3.05) is 12.4 Å². The van der Waals surface area contributed by atoms with Crippen molar-refractivity contribution in [1.29, 1.82) is 0 Å². The van der Waals surface area contributed by atoms with Gasteiger partial charge < -0.3 is 10.1 Å². The Morgan fingerprint density at radius 3 is 2.61 bits per heavy atom. The molecule has 8 nitrogen and oxygen atoms in total. The average molecular weight is 441 g/mol. The normalized spacial score (nSPS) is 15.2. The molecule has 33 heavy (non-hydrogen) atoms. The summed E-state index contributed by atoms with van der Waals surface area (Å²) in [5.41, 5.74) is 6.82. The van der Waals surface area contributed by atoms with E-state index in [1.807, 2.05) is 31.2 Å². The van der Waals surface area contributed by atoms with Crippen molar-refractivity contribution < 1.29 is 9.53 Å². The number of ether oxygens (including phenoxy) is 1. The van der Waals surface area contributed by atoms with Crippen molar-refractivity contribution in [3.63, 3.8) is 0 Å².